The normalized spacial score (nSPS) is 13.2. The number of rotatable bonds is 8. The van der Waals surface area contributed by atoms with E-state index in [1.165, 1.54) is 11.3 Å². The number of anilines is 1. The Morgan fingerprint density at radius 1 is 1.31 bits per heavy atom. The molecule has 0 fully saturated rings. The number of nitrogens with zero attached hydrogens (tertiary/aromatic N) is 1. The quantitative estimate of drug-likeness (QED) is 0.304. The van der Waals surface area contributed by atoms with Crippen molar-refractivity contribution in [2.24, 2.45) is 0 Å². The van der Waals surface area contributed by atoms with E-state index in [0.29, 0.717) is 23.1 Å². The smallest absolute Gasteiger partial charge is 0.257 e. The molecule has 1 amide bonds. The molecule has 0 aliphatic rings. The van der Waals surface area contributed by atoms with E-state index in [4.69, 9.17) is 9.16 Å². The van der Waals surface area contributed by atoms with Gasteiger partial charge in [-0.2, -0.15) is 0 Å². The van der Waals surface area contributed by atoms with Gasteiger partial charge in [0.25, 0.3) is 5.91 Å². The fourth-order valence-corrected chi connectivity index (χ4v) is 4.72. The Balaban J connectivity index is 1.96. The van der Waals surface area contributed by atoms with E-state index >= 15 is 0 Å². The minimum Gasteiger partial charge on any atom is -0.491 e. The molecule has 1 atom stereocenters. The van der Waals surface area contributed by atoms with Crippen LogP contribution in [0.4, 0.5) is 5.13 Å². The molecule has 0 saturated carbocycles. The molecule has 0 saturated heterocycles. The van der Waals surface area contributed by atoms with Crippen LogP contribution in [0.15, 0.2) is 23.6 Å². The summed E-state index contributed by atoms with van der Waals surface area (Å²) >= 11 is 3.62. The Bertz CT molecular complexity index is 849. The SMILES string of the molecule is Cc1csc(NC(=O)c2cc(I)cc(OC(C)CCO[Si](C)(C)C(C)(C)C)c2)n1. The largest absolute Gasteiger partial charge is 0.491 e. The molecule has 0 aliphatic carbocycles. The Kier molecular flexibility index (Phi) is 8.29. The summed E-state index contributed by atoms with van der Waals surface area (Å²) in [5, 5.41) is 5.56. The summed E-state index contributed by atoms with van der Waals surface area (Å²) in [7, 11) is -1.75. The maximum atomic E-state index is 12.6. The predicted octanol–water partition coefficient (Wildman–Crippen LogP) is 6.49. The lowest BCUT2D eigenvalue weighted by Crippen LogP contribution is -2.41. The number of hydrogen-bond donors (Lipinski definition) is 1. The number of carbonyl (C=O) groups excluding carboxylic acids is 1. The van der Waals surface area contributed by atoms with Crippen molar-refractivity contribution in [3.05, 3.63) is 38.4 Å². The first-order valence-electron chi connectivity index (χ1n) is 9.72. The van der Waals surface area contributed by atoms with E-state index in [0.717, 1.165) is 15.7 Å². The van der Waals surface area contributed by atoms with Crippen molar-refractivity contribution < 1.29 is 14.0 Å². The van der Waals surface area contributed by atoms with Crippen molar-refractivity contribution in [3.8, 4) is 5.75 Å². The molecule has 0 bridgehead atoms. The van der Waals surface area contributed by atoms with Crippen LogP contribution in [-0.4, -0.2) is 31.9 Å². The van der Waals surface area contributed by atoms with Crippen molar-refractivity contribution in [3.63, 3.8) is 0 Å². The summed E-state index contributed by atoms with van der Waals surface area (Å²) in [6, 6.07) is 5.56. The van der Waals surface area contributed by atoms with Crippen LogP contribution >= 0.6 is 33.9 Å². The van der Waals surface area contributed by atoms with Crippen molar-refractivity contribution in [1.82, 2.24) is 4.98 Å². The van der Waals surface area contributed by atoms with Crippen LogP contribution in [0.2, 0.25) is 18.1 Å². The minimum absolute atomic E-state index is 0.00417. The molecule has 1 aromatic carbocycles. The summed E-state index contributed by atoms with van der Waals surface area (Å²) < 4.78 is 13.3. The van der Waals surface area contributed by atoms with Gasteiger partial charge in [0.15, 0.2) is 13.4 Å². The highest BCUT2D eigenvalue weighted by atomic mass is 127. The molecule has 0 spiro atoms. The molecule has 160 valence electrons. The number of ether oxygens (including phenoxy) is 1. The van der Waals surface area contributed by atoms with Gasteiger partial charge >= 0.3 is 0 Å². The summed E-state index contributed by atoms with van der Waals surface area (Å²) in [5.41, 5.74) is 1.45. The molecule has 5 nitrogen and oxygen atoms in total. The van der Waals surface area contributed by atoms with Crippen molar-refractivity contribution in [2.45, 2.75) is 65.3 Å². The second-order valence-corrected chi connectivity index (χ2v) is 15.7. The average Bonchev–Trinajstić information content (AvgIpc) is 2.97. The van der Waals surface area contributed by atoms with Crippen LogP contribution < -0.4 is 10.1 Å². The van der Waals surface area contributed by atoms with Crippen LogP contribution in [-0.2, 0) is 4.43 Å². The first-order valence-corrected chi connectivity index (χ1v) is 14.6. The second kappa shape index (κ2) is 9.89. The number of benzene rings is 1. The van der Waals surface area contributed by atoms with Crippen LogP contribution in [0.5, 0.6) is 5.75 Å². The molecule has 1 aromatic heterocycles. The van der Waals surface area contributed by atoms with Gasteiger partial charge in [0, 0.05) is 27.5 Å². The first-order chi connectivity index (χ1) is 13.4. The zero-order valence-electron chi connectivity index (χ0n) is 18.3. The van der Waals surface area contributed by atoms with E-state index in [-0.39, 0.29) is 17.0 Å². The molecule has 2 rings (SSSR count). The van der Waals surface area contributed by atoms with E-state index in [1.54, 1.807) is 6.07 Å². The van der Waals surface area contributed by atoms with Gasteiger partial charge in [-0.1, -0.05) is 20.8 Å². The third kappa shape index (κ3) is 7.34. The summed E-state index contributed by atoms with van der Waals surface area (Å²) in [5.74, 6) is 0.508. The molecular weight excluding hydrogens is 515 g/mol. The first kappa shape index (κ1) is 24.3. The lowest BCUT2D eigenvalue weighted by atomic mass is 10.2. The van der Waals surface area contributed by atoms with E-state index < -0.39 is 8.32 Å². The van der Waals surface area contributed by atoms with Crippen molar-refractivity contribution in [1.29, 1.82) is 0 Å². The Morgan fingerprint density at radius 2 is 2.00 bits per heavy atom. The molecule has 1 unspecified atom stereocenters. The van der Waals surface area contributed by atoms with Crippen LogP contribution in [0.25, 0.3) is 0 Å². The van der Waals surface area contributed by atoms with Gasteiger partial charge in [-0.3, -0.25) is 10.1 Å². The monoisotopic (exact) mass is 546 g/mol. The van der Waals surface area contributed by atoms with Crippen molar-refractivity contribution in [2.75, 3.05) is 11.9 Å². The molecule has 0 aliphatic heterocycles. The fraction of sp³-hybridized carbons (Fsp3) is 0.524. The van der Waals surface area contributed by atoms with E-state index in [2.05, 4.69) is 66.8 Å². The van der Waals surface area contributed by atoms with Gasteiger partial charge in [-0.05, 0) is 72.8 Å². The standard InChI is InChI=1S/C21H31IN2O3SSi/c1-14-13-28-20(23-14)24-19(25)16-10-17(22)12-18(11-16)27-15(2)8-9-26-29(6,7)21(3,4)5/h10-13,15H,8-9H2,1-7H3,(H,23,24,25). The average molecular weight is 547 g/mol. The summed E-state index contributed by atoms with van der Waals surface area (Å²) in [4.78, 5) is 16.9. The lowest BCUT2D eigenvalue weighted by molar-refractivity contribution is 0.102. The number of aryl methyl sites for hydroxylation is 1. The highest BCUT2D eigenvalue weighted by Gasteiger charge is 2.36. The van der Waals surface area contributed by atoms with Crippen LogP contribution in [0.3, 0.4) is 0 Å². The number of carbonyl (C=O) groups is 1. The Hall–Kier alpha value is -0.973. The lowest BCUT2D eigenvalue weighted by Gasteiger charge is -2.36. The fourth-order valence-electron chi connectivity index (χ4n) is 2.33. The third-order valence-corrected chi connectivity index (χ3v) is 11.1. The molecule has 8 heteroatoms. The zero-order valence-corrected chi connectivity index (χ0v) is 22.2. The van der Waals surface area contributed by atoms with Gasteiger partial charge in [-0.25, -0.2) is 4.98 Å². The predicted molar refractivity (Wildman–Crippen MR) is 132 cm³/mol. The zero-order chi connectivity index (χ0) is 21.8. The maximum Gasteiger partial charge on any atom is 0.257 e. The van der Waals surface area contributed by atoms with E-state index in [1.807, 2.05) is 31.4 Å². The minimum atomic E-state index is -1.75. The third-order valence-electron chi connectivity index (χ3n) is 5.10. The Morgan fingerprint density at radius 3 is 2.59 bits per heavy atom. The van der Waals surface area contributed by atoms with Crippen LogP contribution in [0, 0.1) is 10.5 Å². The number of amides is 1. The Labute approximate surface area is 192 Å². The van der Waals surface area contributed by atoms with Crippen molar-refractivity contribution >= 4 is 53.3 Å². The molecule has 2 aromatic rings. The number of halogens is 1. The van der Waals surface area contributed by atoms with Gasteiger partial charge in [0.2, 0.25) is 0 Å². The van der Waals surface area contributed by atoms with Gasteiger partial charge in [0.1, 0.15) is 5.75 Å². The topological polar surface area (TPSA) is 60.5 Å². The number of thiazole rings is 1. The van der Waals surface area contributed by atoms with E-state index in [9.17, 15) is 4.79 Å². The number of hydrogen-bond acceptors (Lipinski definition) is 5. The molecule has 0 radical (unpaired) electrons. The molecule has 1 N–H and O–H groups in total. The van der Waals surface area contributed by atoms with Gasteiger partial charge < -0.3 is 9.16 Å². The molecular formula is C21H31IN2O3SSi. The summed E-state index contributed by atoms with van der Waals surface area (Å²) in [6.45, 7) is 15.9. The highest BCUT2D eigenvalue weighted by molar-refractivity contribution is 14.1. The maximum absolute atomic E-state index is 12.6. The molecule has 1 heterocycles. The van der Waals surface area contributed by atoms with Gasteiger partial charge in [-0.15, -0.1) is 11.3 Å². The van der Waals surface area contributed by atoms with Crippen LogP contribution in [0.1, 0.15) is 50.2 Å². The summed E-state index contributed by atoms with van der Waals surface area (Å²) in [6.07, 6.45) is 0.799. The highest BCUT2D eigenvalue weighted by Crippen LogP contribution is 2.36. The van der Waals surface area contributed by atoms with Gasteiger partial charge in [0.05, 0.1) is 11.8 Å². The second-order valence-electron chi connectivity index (χ2n) is 8.75. The molecule has 29 heavy (non-hydrogen) atoms. The number of aromatic nitrogens is 1. The number of nitrogens with one attached hydrogen (secondary N) is 1.